The SMILES string of the molecule is NC(=NCCOc1ccc(C(F)(F)F)cc1)N1CCN(c2nccs2)CC1. The van der Waals surface area contributed by atoms with Crippen LogP contribution < -0.4 is 15.4 Å². The van der Waals surface area contributed by atoms with Gasteiger partial charge in [0.25, 0.3) is 0 Å². The molecule has 0 radical (unpaired) electrons. The summed E-state index contributed by atoms with van der Waals surface area (Å²) in [6, 6.07) is 4.59. The zero-order valence-corrected chi connectivity index (χ0v) is 15.3. The number of benzene rings is 1. The lowest BCUT2D eigenvalue weighted by Gasteiger charge is -2.35. The van der Waals surface area contributed by atoms with E-state index in [1.54, 1.807) is 17.5 Å². The normalized spacial score (nSPS) is 15.9. The first-order chi connectivity index (χ1) is 12.9. The molecule has 146 valence electrons. The second-order valence-corrected chi connectivity index (χ2v) is 6.77. The average Bonchev–Trinajstić information content (AvgIpc) is 3.20. The number of alkyl halides is 3. The quantitative estimate of drug-likeness (QED) is 0.476. The van der Waals surface area contributed by atoms with Gasteiger partial charge in [0.2, 0.25) is 0 Å². The molecule has 0 amide bonds. The van der Waals surface area contributed by atoms with Crippen molar-refractivity contribution in [3.05, 3.63) is 41.4 Å². The fourth-order valence-corrected chi connectivity index (χ4v) is 3.36. The smallest absolute Gasteiger partial charge is 0.416 e. The minimum Gasteiger partial charge on any atom is -0.492 e. The number of nitrogens with two attached hydrogens (primary N) is 1. The first-order valence-corrected chi connectivity index (χ1v) is 9.31. The summed E-state index contributed by atoms with van der Waals surface area (Å²) in [5, 5.41) is 2.96. The second kappa shape index (κ2) is 8.47. The molecule has 0 saturated carbocycles. The van der Waals surface area contributed by atoms with E-state index in [1.165, 1.54) is 12.1 Å². The number of hydrogen-bond acceptors (Lipinski definition) is 5. The first-order valence-electron chi connectivity index (χ1n) is 8.43. The standard InChI is InChI=1S/C17H20F3N5OS/c18-17(19,20)13-1-3-14(4-2-13)26-11-5-22-15(21)24-7-9-25(10-8-24)16-23-6-12-27-16/h1-4,6,12H,5,7-11H2,(H2,21,22). The molecule has 1 fully saturated rings. The topological polar surface area (TPSA) is 67.0 Å². The molecule has 1 aromatic carbocycles. The Bertz CT molecular complexity index is 741. The number of guanidine groups is 1. The van der Waals surface area contributed by atoms with Crippen molar-refractivity contribution in [3.8, 4) is 5.75 Å². The number of aromatic nitrogens is 1. The van der Waals surface area contributed by atoms with Gasteiger partial charge in [-0.1, -0.05) is 0 Å². The predicted octanol–water partition coefficient (Wildman–Crippen LogP) is 2.68. The summed E-state index contributed by atoms with van der Waals surface area (Å²) >= 11 is 1.61. The highest BCUT2D eigenvalue weighted by Gasteiger charge is 2.30. The monoisotopic (exact) mass is 399 g/mol. The van der Waals surface area contributed by atoms with Crippen molar-refractivity contribution in [1.82, 2.24) is 9.88 Å². The van der Waals surface area contributed by atoms with Gasteiger partial charge in [0, 0.05) is 37.8 Å². The molecule has 2 aromatic rings. The van der Waals surface area contributed by atoms with Crippen LogP contribution in [-0.2, 0) is 6.18 Å². The van der Waals surface area contributed by atoms with Crippen molar-refractivity contribution in [2.75, 3.05) is 44.2 Å². The summed E-state index contributed by atoms with van der Waals surface area (Å²) in [5.41, 5.74) is 5.32. The van der Waals surface area contributed by atoms with E-state index in [0.717, 1.165) is 43.4 Å². The molecule has 0 aliphatic carbocycles. The van der Waals surface area contributed by atoms with Crippen LogP contribution in [0.3, 0.4) is 0 Å². The maximum absolute atomic E-state index is 12.5. The van der Waals surface area contributed by atoms with Crippen LogP contribution in [0, 0.1) is 0 Å². The Morgan fingerprint density at radius 1 is 1.19 bits per heavy atom. The van der Waals surface area contributed by atoms with Gasteiger partial charge in [-0.2, -0.15) is 13.2 Å². The maximum Gasteiger partial charge on any atom is 0.416 e. The molecular weight excluding hydrogens is 379 g/mol. The summed E-state index contributed by atoms with van der Waals surface area (Å²) in [6.45, 7) is 3.74. The summed E-state index contributed by atoms with van der Waals surface area (Å²) in [6.07, 6.45) is -2.56. The van der Waals surface area contributed by atoms with Crippen LogP contribution in [0.25, 0.3) is 0 Å². The van der Waals surface area contributed by atoms with Crippen LogP contribution in [0.4, 0.5) is 18.3 Å². The fourth-order valence-electron chi connectivity index (χ4n) is 2.66. The number of piperazine rings is 1. The molecule has 0 atom stereocenters. The third kappa shape index (κ3) is 5.25. The van der Waals surface area contributed by atoms with E-state index in [1.807, 2.05) is 10.3 Å². The Balaban J connectivity index is 1.41. The molecule has 1 aliphatic rings. The number of hydrogen-bond donors (Lipinski definition) is 1. The molecule has 3 rings (SSSR count). The van der Waals surface area contributed by atoms with Gasteiger partial charge in [0.05, 0.1) is 12.1 Å². The molecule has 1 saturated heterocycles. The van der Waals surface area contributed by atoms with Crippen molar-refractivity contribution in [2.45, 2.75) is 6.18 Å². The summed E-state index contributed by atoms with van der Waals surface area (Å²) in [7, 11) is 0. The average molecular weight is 399 g/mol. The Morgan fingerprint density at radius 3 is 2.48 bits per heavy atom. The van der Waals surface area contributed by atoms with Gasteiger partial charge in [0.1, 0.15) is 12.4 Å². The molecule has 1 aromatic heterocycles. The van der Waals surface area contributed by atoms with E-state index >= 15 is 0 Å². The number of aliphatic imine (C=N–C) groups is 1. The molecule has 0 bridgehead atoms. The Hall–Kier alpha value is -2.49. The molecular formula is C17H20F3N5OS. The van der Waals surface area contributed by atoms with Crippen molar-refractivity contribution in [2.24, 2.45) is 10.7 Å². The van der Waals surface area contributed by atoms with Crippen molar-refractivity contribution >= 4 is 22.4 Å². The number of ether oxygens (including phenoxy) is 1. The van der Waals surface area contributed by atoms with Gasteiger partial charge >= 0.3 is 6.18 Å². The molecule has 0 spiro atoms. The predicted molar refractivity (Wildman–Crippen MR) is 99.3 cm³/mol. The van der Waals surface area contributed by atoms with Crippen LogP contribution in [0.15, 0.2) is 40.8 Å². The van der Waals surface area contributed by atoms with E-state index in [-0.39, 0.29) is 6.61 Å². The van der Waals surface area contributed by atoms with Crippen LogP contribution in [0.2, 0.25) is 0 Å². The molecule has 2 N–H and O–H groups in total. The number of rotatable bonds is 5. The summed E-state index contributed by atoms with van der Waals surface area (Å²) in [4.78, 5) is 12.8. The highest BCUT2D eigenvalue weighted by atomic mass is 32.1. The zero-order valence-electron chi connectivity index (χ0n) is 14.5. The molecule has 27 heavy (non-hydrogen) atoms. The Kier molecular flexibility index (Phi) is 6.04. The van der Waals surface area contributed by atoms with E-state index in [4.69, 9.17) is 10.5 Å². The minimum atomic E-state index is -4.35. The van der Waals surface area contributed by atoms with Gasteiger partial charge in [-0.25, -0.2) is 9.98 Å². The second-order valence-electron chi connectivity index (χ2n) is 5.90. The van der Waals surface area contributed by atoms with Gasteiger partial charge in [-0.15, -0.1) is 11.3 Å². The molecule has 2 heterocycles. The molecule has 1 aliphatic heterocycles. The summed E-state index contributed by atoms with van der Waals surface area (Å²) < 4.78 is 43.0. The highest BCUT2D eigenvalue weighted by Crippen LogP contribution is 2.30. The molecule has 6 nitrogen and oxygen atoms in total. The van der Waals surface area contributed by atoms with Gasteiger partial charge in [0.15, 0.2) is 11.1 Å². The highest BCUT2D eigenvalue weighted by molar-refractivity contribution is 7.13. The van der Waals surface area contributed by atoms with E-state index < -0.39 is 11.7 Å². The first kappa shape index (κ1) is 19.3. The Morgan fingerprint density at radius 2 is 1.89 bits per heavy atom. The van der Waals surface area contributed by atoms with Gasteiger partial charge < -0.3 is 20.3 Å². The number of thiazole rings is 1. The number of anilines is 1. The lowest BCUT2D eigenvalue weighted by atomic mass is 10.2. The molecule has 10 heteroatoms. The number of halogens is 3. The lowest BCUT2D eigenvalue weighted by molar-refractivity contribution is -0.137. The van der Waals surface area contributed by atoms with Crippen LogP contribution in [0.5, 0.6) is 5.75 Å². The van der Waals surface area contributed by atoms with Crippen LogP contribution in [-0.4, -0.2) is 55.2 Å². The fraction of sp³-hybridized carbons (Fsp3) is 0.412. The van der Waals surface area contributed by atoms with E-state index in [2.05, 4.69) is 14.9 Å². The largest absolute Gasteiger partial charge is 0.492 e. The molecule has 0 unspecified atom stereocenters. The minimum absolute atomic E-state index is 0.241. The van der Waals surface area contributed by atoms with Crippen LogP contribution in [0.1, 0.15) is 5.56 Å². The Labute approximate surface area is 159 Å². The van der Waals surface area contributed by atoms with E-state index in [9.17, 15) is 13.2 Å². The third-order valence-corrected chi connectivity index (χ3v) is 4.94. The summed E-state index contributed by atoms with van der Waals surface area (Å²) in [5.74, 6) is 0.818. The van der Waals surface area contributed by atoms with Gasteiger partial charge in [-0.05, 0) is 24.3 Å². The van der Waals surface area contributed by atoms with Crippen molar-refractivity contribution in [1.29, 1.82) is 0 Å². The van der Waals surface area contributed by atoms with Gasteiger partial charge in [-0.3, -0.25) is 0 Å². The number of nitrogens with zero attached hydrogens (tertiary/aromatic N) is 4. The van der Waals surface area contributed by atoms with Crippen molar-refractivity contribution in [3.63, 3.8) is 0 Å². The maximum atomic E-state index is 12.5. The van der Waals surface area contributed by atoms with E-state index in [0.29, 0.717) is 18.3 Å². The zero-order chi connectivity index (χ0) is 19.3. The van der Waals surface area contributed by atoms with Crippen LogP contribution >= 0.6 is 11.3 Å². The third-order valence-electron chi connectivity index (χ3n) is 4.11. The lowest BCUT2D eigenvalue weighted by Crippen LogP contribution is -2.51. The van der Waals surface area contributed by atoms with Crippen molar-refractivity contribution < 1.29 is 17.9 Å².